The molecule has 0 atom stereocenters. The molecular formula is C8H6N4O3. The third kappa shape index (κ3) is 2.94. The first-order valence-corrected chi connectivity index (χ1v) is 3.81. The van der Waals surface area contributed by atoms with Gasteiger partial charge in [-0.2, -0.15) is 5.26 Å². The summed E-state index contributed by atoms with van der Waals surface area (Å²) in [5.74, 6) is 3.10. The van der Waals surface area contributed by atoms with Crippen LogP contribution in [0.15, 0.2) is 11.0 Å². The van der Waals surface area contributed by atoms with Crippen LogP contribution in [0.3, 0.4) is 0 Å². The smallest absolute Gasteiger partial charge is 0.346 e. The highest BCUT2D eigenvalue weighted by Crippen LogP contribution is 1.94. The molecule has 7 heteroatoms. The molecule has 0 fully saturated rings. The van der Waals surface area contributed by atoms with E-state index in [-0.39, 0.29) is 12.4 Å². The zero-order valence-electron chi connectivity index (χ0n) is 7.44. The van der Waals surface area contributed by atoms with E-state index in [4.69, 9.17) is 10.4 Å². The monoisotopic (exact) mass is 206 g/mol. The van der Waals surface area contributed by atoms with Gasteiger partial charge in [-0.3, -0.25) is 9.78 Å². The van der Waals surface area contributed by atoms with E-state index in [1.54, 1.807) is 0 Å². The van der Waals surface area contributed by atoms with Crippen LogP contribution in [-0.2, 0) is 4.79 Å². The number of imidazole rings is 1. The molecule has 0 spiro atoms. The average Bonchev–Trinajstić information content (AvgIpc) is 2.51. The quantitative estimate of drug-likeness (QED) is 0.412. The first-order chi connectivity index (χ1) is 7.13. The number of H-pyrrole nitrogens is 1. The number of nitriles is 1. The van der Waals surface area contributed by atoms with Crippen LogP contribution >= 0.6 is 0 Å². The van der Waals surface area contributed by atoms with E-state index in [0.717, 1.165) is 10.9 Å². The summed E-state index contributed by atoms with van der Waals surface area (Å²) < 4.78 is 0.904. The van der Waals surface area contributed by atoms with Crippen molar-refractivity contribution < 1.29 is 9.90 Å². The predicted octanol–water partition coefficient (Wildman–Crippen LogP) is -1.48. The molecule has 0 aliphatic rings. The molecule has 1 rings (SSSR count). The first-order valence-electron chi connectivity index (χ1n) is 3.81. The lowest BCUT2D eigenvalue weighted by Gasteiger charge is -2.00. The van der Waals surface area contributed by atoms with Gasteiger partial charge in [-0.15, -0.1) is 0 Å². The molecule has 0 saturated heterocycles. The van der Waals surface area contributed by atoms with Crippen molar-refractivity contribution in [2.75, 3.05) is 12.0 Å². The minimum absolute atomic E-state index is 0.230. The molecule has 0 radical (unpaired) electrons. The van der Waals surface area contributed by atoms with Crippen LogP contribution in [0.2, 0.25) is 0 Å². The number of ketones is 1. The second kappa shape index (κ2) is 4.53. The molecule has 0 aromatic carbocycles. The Morgan fingerprint density at radius 1 is 1.73 bits per heavy atom. The van der Waals surface area contributed by atoms with Crippen LogP contribution in [0.25, 0.3) is 0 Å². The fourth-order valence-corrected chi connectivity index (χ4v) is 0.799. The van der Waals surface area contributed by atoms with Gasteiger partial charge >= 0.3 is 5.69 Å². The summed E-state index contributed by atoms with van der Waals surface area (Å²) in [7, 11) is 0. The number of rotatable bonds is 3. The lowest BCUT2D eigenvalue weighted by Crippen LogP contribution is -2.29. The SMILES string of the molecule is N#CC#CC(=O)CNn1cc(O)[nH]c1=O. The van der Waals surface area contributed by atoms with E-state index in [2.05, 4.69) is 10.4 Å². The first kappa shape index (κ1) is 10.4. The number of Topliss-reactive ketones (excluding diaryl/α,β-unsaturated/α-hetero) is 1. The van der Waals surface area contributed by atoms with E-state index in [1.165, 1.54) is 6.07 Å². The Balaban J connectivity index is 2.59. The molecule has 76 valence electrons. The van der Waals surface area contributed by atoms with Crippen LogP contribution in [0.1, 0.15) is 0 Å². The van der Waals surface area contributed by atoms with E-state index >= 15 is 0 Å². The van der Waals surface area contributed by atoms with Gasteiger partial charge in [-0.05, 0) is 5.92 Å². The highest BCUT2D eigenvalue weighted by Gasteiger charge is 2.01. The third-order valence-corrected chi connectivity index (χ3v) is 1.37. The molecule has 0 aliphatic heterocycles. The van der Waals surface area contributed by atoms with Crippen molar-refractivity contribution >= 4 is 5.78 Å². The summed E-state index contributed by atoms with van der Waals surface area (Å²) in [5.41, 5.74) is 1.79. The summed E-state index contributed by atoms with van der Waals surface area (Å²) in [5, 5.41) is 16.9. The summed E-state index contributed by atoms with van der Waals surface area (Å²) in [4.78, 5) is 23.9. The van der Waals surface area contributed by atoms with Crippen molar-refractivity contribution in [2.45, 2.75) is 0 Å². The molecule has 3 N–H and O–H groups in total. The van der Waals surface area contributed by atoms with Crippen molar-refractivity contribution in [1.29, 1.82) is 5.26 Å². The average molecular weight is 206 g/mol. The molecule has 0 aliphatic carbocycles. The largest absolute Gasteiger partial charge is 0.493 e. The maximum absolute atomic E-state index is 11.0. The molecular weight excluding hydrogens is 200 g/mol. The van der Waals surface area contributed by atoms with E-state index in [1.807, 2.05) is 11.8 Å². The van der Waals surface area contributed by atoms with Crippen LogP contribution in [0.5, 0.6) is 5.88 Å². The molecule has 0 unspecified atom stereocenters. The minimum Gasteiger partial charge on any atom is -0.493 e. The van der Waals surface area contributed by atoms with Gasteiger partial charge < -0.3 is 10.5 Å². The second-order valence-corrected chi connectivity index (χ2v) is 2.43. The standard InChI is InChI=1S/C8H6N4O3/c9-3-1-2-6(13)4-10-12-5-7(14)11-8(12)15/h5,10,14H,4H2,(H,11,15). The molecule has 0 amide bonds. The molecule has 1 aromatic heterocycles. The lowest BCUT2D eigenvalue weighted by molar-refractivity contribution is -0.112. The number of aromatic nitrogens is 2. The fraction of sp³-hybridized carbons (Fsp3) is 0.125. The third-order valence-electron chi connectivity index (χ3n) is 1.37. The van der Waals surface area contributed by atoms with Crippen LogP contribution in [0.4, 0.5) is 0 Å². The molecule has 15 heavy (non-hydrogen) atoms. The number of carbonyl (C=O) groups is 1. The van der Waals surface area contributed by atoms with E-state index in [9.17, 15) is 9.59 Å². The number of aromatic amines is 1. The lowest BCUT2D eigenvalue weighted by atomic mass is 10.4. The molecule has 1 heterocycles. The summed E-state index contributed by atoms with van der Waals surface area (Å²) in [6.45, 7) is -0.230. The highest BCUT2D eigenvalue weighted by molar-refractivity contribution is 5.98. The number of hydrogen-bond acceptors (Lipinski definition) is 5. The number of hydrogen-bond donors (Lipinski definition) is 3. The Bertz CT molecular complexity index is 523. The summed E-state index contributed by atoms with van der Waals surface area (Å²) in [6, 6.07) is 1.49. The maximum atomic E-state index is 11.0. The van der Waals surface area contributed by atoms with Gasteiger partial charge in [-0.1, -0.05) is 0 Å². The van der Waals surface area contributed by atoms with Crippen LogP contribution in [-0.4, -0.2) is 27.1 Å². The predicted molar refractivity (Wildman–Crippen MR) is 49.3 cm³/mol. The minimum atomic E-state index is -0.603. The fourth-order valence-electron chi connectivity index (χ4n) is 0.799. The molecule has 0 bridgehead atoms. The van der Waals surface area contributed by atoms with Gasteiger partial charge in [0.05, 0.1) is 6.20 Å². The van der Waals surface area contributed by atoms with Crippen LogP contribution < -0.4 is 11.1 Å². The second-order valence-electron chi connectivity index (χ2n) is 2.43. The maximum Gasteiger partial charge on any atom is 0.346 e. The van der Waals surface area contributed by atoms with Gasteiger partial charge in [0, 0.05) is 5.92 Å². The van der Waals surface area contributed by atoms with E-state index in [0.29, 0.717) is 0 Å². The topological polar surface area (TPSA) is 111 Å². The van der Waals surface area contributed by atoms with Gasteiger partial charge in [0.25, 0.3) is 0 Å². The number of carbonyl (C=O) groups excluding carboxylic acids is 1. The van der Waals surface area contributed by atoms with Crippen molar-refractivity contribution in [2.24, 2.45) is 0 Å². The molecule has 7 nitrogen and oxygen atoms in total. The van der Waals surface area contributed by atoms with Crippen molar-refractivity contribution in [3.05, 3.63) is 16.7 Å². The van der Waals surface area contributed by atoms with Gasteiger partial charge in [-0.25, -0.2) is 9.47 Å². The van der Waals surface area contributed by atoms with Crippen molar-refractivity contribution in [3.8, 4) is 23.8 Å². The van der Waals surface area contributed by atoms with Gasteiger partial charge in [0.2, 0.25) is 11.7 Å². The Kier molecular flexibility index (Phi) is 3.15. The Hall–Kier alpha value is -2.67. The normalized spacial score (nSPS) is 8.47. The summed E-state index contributed by atoms with van der Waals surface area (Å²) in [6.07, 6.45) is 1.08. The Labute approximate surface area is 83.9 Å². The highest BCUT2D eigenvalue weighted by atomic mass is 16.3. The molecule has 1 aromatic rings. The zero-order valence-corrected chi connectivity index (χ0v) is 7.44. The van der Waals surface area contributed by atoms with Crippen LogP contribution in [0, 0.1) is 23.2 Å². The van der Waals surface area contributed by atoms with Gasteiger partial charge in [0.1, 0.15) is 6.54 Å². The molecule has 0 saturated carbocycles. The number of nitrogens with one attached hydrogen (secondary N) is 2. The van der Waals surface area contributed by atoms with E-state index < -0.39 is 11.5 Å². The Morgan fingerprint density at radius 2 is 2.47 bits per heavy atom. The van der Waals surface area contributed by atoms with Crippen molar-refractivity contribution in [1.82, 2.24) is 9.66 Å². The van der Waals surface area contributed by atoms with Gasteiger partial charge in [0.15, 0.2) is 6.07 Å². The number of nitrogens with zero attached hydrogens (tertiary/aromatic N) is 2. The zero-order chi connectivity index (χ0) is 11.3. The van der Waals surface area contributed by atoms with Crippen molar-refractivity contribution in [3.63, 3.8) is 0 Å². The Morgan fingerprint density at radius 3 is 3.00 bits per heavy atom. The number of aromatic hydroxyl groups is 1. The summed E-state index contributed by atoms with van der Waals surface area (Å²) >= 11 is 0.